The van der Waals surface area contributed by atoms with E-state index < -0.39 is 29.7 Å². The molecule has 1 aromatic heterocycles. The Morgan fingerprint density at radius 3 is 2.30 bits per heavy atom. The summed E-state index contributed by atoms with van der Waals surface area (Å²) in [5, 5.41) is 27.4. The van der Waals surface area contributed by atoms with Crippen LogP contribution in [0.5, 0.6) is 5.75 Å². The van der Waals surface area contributed by atoms with Gasteiger partial charge in [-0.25, -0.2) is 14.1 Å². The second-order valence-corrected chi connectivity index (χ2v) is 8.28. The number of phenolic OH excluding ortho intramolecular Hbond substituents is 1. The van der Waals surface area contributed by atoms with E-state index >= 15 is 0 Å². The predicted octanol–water partition coefficient (Wildman–Crippen LogP) is -0.110. The molecule has 4 amide bonds. The van der Waals surface area contributed by atoms with Crippen LogP contribution in [0, 0.1) is 25.0 Å². The molecule has 1 atom stereocenters. The van der Waals surface area contributed by atoms with Crippen LogP contribution in [0.15, 0.2) is 24.3 Å². The number of carbonyl (C=O) groups excluding carboxylic acids is 3. The molecule has 0 radical (unpaired) electrons. The van der Waals surface area contributed by atoms with Gasteiger partial charge < -0.3 is 15.1 Å². The topological polar surface area (TPSA) is 140 Å². The molecule has 0 unspecified atom stereocenters. The van der Waals surface area contributed by atoms with E-state index in [-0.39, 0.29) is 11.6 Å². The van der Waals surface area contributed by atoms with Crippen LogP contribution in [0.25, 0.3) is 0 Å². The largest absolute Gasteiger partial charge is 0.711 e. The fourth-order valence-electron chi connectivity index (χ4n) is 4.44. The molecule has 11 heteroatoms. The number of rotatable bonds is 6. The Bertz CT molecular complexity index is 1050. The molecule has 0 aliphatic carbocycles. The van der Waals surface area contributed by atoms with Gasteiger partial charge in [0.1, 0.15) is 35.5 Å². The van der Waals surface area contributed by atoms with Crippen molar-refractivity contribution in [2.24, 2.45) is 5.92 Å². The van der Waals surface area contributed by atoms with Crippen molar-refractivity contribution < 1.29 is 29.0 Å². The number of phenols is 1. The lowest BCUT2D eigenvalue weighted by Gasteiger charge is -2.29. The lowest BCUT2D eigenvalue weighted by molar-refractivity contribution is -0.621. The zero-order valence-corrected chi connectivity index (χ0v) is 18.5. The van der Waals surface area contributed by atoms with Gasteiger partial charge in [-0.15, -0.1) is 0 Å². The number of imide groups is 2. The number of imidazole rings is 1. The molecule has 2 saturated heterocycles. The number of ether oxygens (including phenoxy) is 1. The minimum atomic E-state index is -1.34. The Kier molecular flexibility index (Phi) is 6.34. The Morgan fingerprint density at radius 2 is 1.70 bits per heavy atom. The average molecular weight is 457 g/mol. The summed E-state index contributed by atoms with van der Waals surface area (Å²) in [5.41, 5.74) is 1.68. The van der Waals surface area contributed by atoms with Crippen LogP contribution in [0.4, 0.5) is 4.79 Å². The maximum Gasteiger partial charge on any atom is 0.328 e. The molecule has 176 valence electrons. The molecular formula is C22H27N5O6. The van der Waals surface area contributed by atoms with Gasteiger partial charge in [0, 0.05) is 33.5 Å². The zero-order valence-electron chi connectivity index (χ0n) is 18.5. The lowest BCUT2D eigenvalue weighted by atomic mass is 9.83. The summed E-state index contributed by atoms with van der Waals surface area (Å²) >= 11 is 0. The van der Waals surface area contributed by atoms with E-state index in [1.807, 2.05) is 11.5 Å². The van der Waals surface area contributed by atoms with Gasteiger partial charge >= 0.3 is 6.03 Å². The molecule has 2 fully saturated rings. The van der Waals surface area contributed by atoms with Gasteiger partial charge in [0.15, 0.2) is 0 Å². The lowest BCUT2D eigenvalue weighted by Crippen LogP contribution is -2.58. The molecule has 2 aliphatic rings. The maximum atomic E-state index is 13.3. The number of nitrogens with zero attached hydrogens (tertiary/aromatic N) is 3. The highest BCUT2D eigenvalue weighted by Gasteiger charge is 2.47. The Hall–Kier alpha value is -3.44. The van der Waals surface area contributed by atoms with Gasteiger partial charge in [0.05, 0.1) is 13.2 Å². The van der Waals surface area contributed by atoms with Gasteiger partial charge in [-0.3, -0.25) is 25.1 Å². The third-order valence-electron chi connectivity index (χ3n) is 6.36. The third kappa shape index (κ3) is 4.41. The van der Waals surface area contributed by atoms with Crippen molar-refractivity contribution in [1.29, 1.82) is 0 Å². The van der Waals surface area contributed by atoms with Crippen LogP contribution in [0.1, 0.15) is 28.7 Å². The van der Waals surface area contributed by atoms with Crippen LogP contribution in [-0.4, -0.2) is 65.3 Å². The first-order valence-electron chi connectivity index (χ1n) is 10.8. The smallest absolute Gasteiger partial charge is 0.328 e. The van der Waals surface area contributed by atoms with Gasteiger partial charge in [-0.05, 0) is 17.7 Å². The van der Waals surface area contributed by atoms with Gasteiger partial charge in [-0.2, -0.15) is 0 Å². The summed E-state index contributed by atoms with van der Waals surface area (Å²) < 4.78 is 7.99. The number of carbonyl (C=O) groups is 3. The first-order chi connectivity index (χ1) is 15.8. The number of nitrogens with one attached hydrogen (secondary N) is 2. The molecular weight excluding hydrogens is 430 g/mol. The van der Waals surface area contributed by atoms with Gasteiger partial charge in [0.2, 0.25) is 11.8 Å². The van der Waals surface area contributed by atoms with Crippen molar-refractivity contribution in [3.63, 3.8) is 0 Å². The predicted molar refractivity (Wildman–Crippen MR) is 115 cm³/mol. The molecule has 0 spiro atoms. The van der Waals surface area contributed by atoms with Crippen LogP contribution in [0.2, 0.25) is 0 Å². The standard InChI is InChI=1S/C22H27N5O6/c1-13-14(2)27(32)21(26(13)8-7-25-9-11-33-12-10-25)17(15-3-5-16(28)6-4-15)18-19(29)23-22(31)24-20(18)30/h3-6,17-18,28H,7-12H2,1-2H3,(H2,23,24,29,30,31)/t17-/m1/s1. The number of aromatic hydroxyl groups is 1. The second-order valence-electron chi connectivity index (χ2n) is 8.28. The number of barbiturate groups is 1. The molecule has 4 rings (SSSR count). The van der Waals surface area contributed by atoms with Gasteiger partial charge in [0.25, 0.3) is 5.82 Å². The van der Waals surface area contributed by atoms with Gasteiger partial charge in [-0.1, -0.05) is 12.1 Å². The minimum absolute atomic E-state index is 0.00952. The first-order valence-corrected chi connectivity index (χ1v) is 10.8. The number of aromatic nitrogens is 2. The van der Waals surface area contributed by atoms with E-state index in [0.717, 1.165) is 23.5 Å². The zero-order chi connectivity index (χ0) is 23.7. The molecule has 1 aromatic carbocycles. The highest BCUT2D eigenvalue weighted by atomic mass is 16.5. The van der Waals surface area contributed by atoms with Crippen LogP contribution in [-0.2, 0) is 20.9 Å². The quantitative estimate of drug-likeness (QED) is 0.312. The van der Waals surface area contributed by atoms with E-state index in [4.69, 9.17) is 4.74 Å². The molecule has 0 saturated carbocycles. The average Bonchev–Trinajstić information content (AvgIpc) is 2.99. The van der Waals surface area contributed by atoms with Crippen molar-refractivity contribution >= 4 is 17.8 Å². The van der Waals surface area contributed by atoms with Crippen LogP contribution in [0.3, 0.4) is 0 Å². The summed E-state index contributed by atoms with van der Waals surface area (Å²) in [6.45, 7) is 7.50. The van der Waals surface area contributed by atoms with Crippen molar-refractivity contribution in [2.45, 2.75) is 26.3 Å². The molecule has 2 aromatic rings. The number of hydrogen-bond acceptors (Lipinski definition) is 7. The molecule has 0 bridgehead atoms. The van der Waals surface area contributed by atoms with E-state index in [2.05, 4.69) is 15.5 Å². The monoisotopic (exact) mass is 457 g/mol. The number of benzene rings is 1. The Morgan fingerprint density at radius 1 is 1.09 bits per heavy atom. The maximum absolute atomic E-state index is 13.3. The van der Waals surface area contributed by atoms with Crippen molar-refractivity contribution in [3.8, 4) is 5.75 Å². The van der Waals surface area contributed by atoms with E-state index in [9.17, 15) is 24.7 Å². The highest BCUT2D eigenvalue weighted by Crippen LogP contribution is 2.34. The molecule has 3 heterocycles. The number of morpholine rings is 1. The van der Waals surface area contributed by atoms with E-state index in [1.165, 1.54) is 12.1 Å². The highest BCUT2D eigenvalue weighted by molar-refractivity contribution is 6.16. The first kappa shape index (κ1) is 22.7. The van der Waals surface area contributed by atoms with Crippen LogP contribution >= 0.6 is 0 Å². The molecule has 3 N–H and O–H groups in total. The summed E-state index contributed by atoms with van der Waals surface area (Å²) in [6, 6.07) is 5.11. The normalized spacial score (nSPS) is 18.8. The molecule has 33 heavy (non-hydrogen) atoms. The number of hydrogen-bond donors (Lipinski definition) is 3. The van der Waals surface area contributed by atoms with E-state index in [0.29, 0.717) is 37.6 Å². The summed E-state index contributed by atoms with van der Waals surface area (Å²) in [4.78, 5) is 39.5. The van der Waals surface area contributed by atoms with E-state index in [1.54, 1.807) is 19.1 Å². The fourth-order valence-corrected chi connectivity index (χ4v) is 4.44. The fraction of sp³-hybridized carbons (Fsp3) is 0.455. The summed E-state index contributed by atoms with van der Waals surface area (Å²) in [7, 11) is 0. The summed E-state index contributed by atoms with van der Waals surface area (Å²) in [5.74, 6) is -3.64. The second kappa shape index (κ2) is 9.20. The SMILES string of the molecule is Cc1c(C)[n+]([O-])c([C@H](c2ccc(O)cc2)C2C(=O)NC(=O)NC2=O)n1CCN1CCOCC1. The Labute approximate surface area is 190 Å². The number of urea groups is 1. The van der Waals surface area contributed by atoms with Crippen LogP contribution < -0.4 is 15.4 Å². The number of amides is 4. The van der Waals surface area contributed by atoms with Crippen molar-refractivity contribution in [1.82, 2.24) is 20.1 Å². The van der Waals surface area contributed by atoms with Crippen molar-refractivity contribution in [2.75, 3.05) is 32.8 Å². The third-order valence-corrected chi connectivity index (χ3v) is 6.36. The Balaban J connectivity index is 1.80. The van der Waals surface area contributed by atoms with Crippen molar-refractivity contribution in [3.05, 3.63) is 52.2 Å². The summed E-state index contributed by atoms with van der Waals surface area (Å²) in [6.07, 6.45) is 0. The minimum Gasteiger partial charge on any atom is -0.711 e. The molecule has 2 aliphatic heterocycles. The molecule has 11 nitrogen and oxygen atoms in total.